The van der Waals surface area contributed by atoms with Gasteiger partial charge >= 0.3 is 6.09 Å². The fourth-order valence-corrected chi connectivity index (χ4v) is 8.80. The van der Waals surface area contributed by atoms with E-state index in [0.29, 0.717) is 44.0 Å². The molecule has 0 aliphatic carbocycles. The number of nitrogens with zero attached hydrogens (tertiary/aromatic N) is 1. The summed E-state index contributed by atoms with van der Waals surface area (Å²) in [4.78, 5) is 27.2. The quantitative estimate of drug-likeness (QED) is 0.232. The third kappa shape index (κ3) is 8.98. The molecule has 2 fully saturated rings. The zero-order chi connectivity index (χ0) is 35.2. The maximum Gasteiger partial charge on any atom is 0.407 e. The number of hydrogen-bond donors (Lipinski definition) is 3. The molecular weight excluding hydrogens is 671 g/mol. The lowest BCUT2D eigenvalue weighted by molar-refractivity contribution is -0.120. The Labute approximate surface area is 292 Å². The number of benzene rings is 3. The van der Waals surface area contributed by atoms with E-state index in [9.17, 15) is 18.0 Å². The number of nitrogens with one attached hydrogen (secondary N) is 3. The highest BCUT2D eigenvalue weighted by atomic mass is 35.5. The van der Waals surface area contributed by atoms with E-state index in [1.165, 1.54) is 23.5 Å². The second-order valence-electron chi connectivity index (χ2n) is 13.1. The average molecular weight is 715 g/mol. The van der Waals surface area contributed by atoms with E-state index in [1.54, 1.807) is 48.5 Å². The maximum absolute atomic E-state index is 15.5. The molecule has 3 aromatic rings. The molecule has 2 heterocycles. The molecule has 3 aromatic carbocycles. The van der Waals surface area contributed by atoms with Gasteiger partial charge in [0.05, 0.1) is 17.6 Å². The van der Waals surface area contributed by atoms with Crippen molar-refractivity contribution in [2.75, 3.05) is 38.7 Å². The molecule has 0 saturated carbocycles. The number of hydrogen-bond acceptors (Lipinski definition) is 7. The molecule has 4 unspecified atom stereocenters. The predicted molar refractivity (Wildman–Crippen MR) is 187 cm³/mol. The smallest absolute Gasteiger partial charge is 0.407 e. The summed E-state index contributed by atoms with van der Waals surface area (Å²) in [7, 11) is -2.55. The number of methoxy groups -OCH3 is 1. The fraction of sp³-hybridized carbons (Fsp3) is 0.444. The summed E-state index contributed by atoms with van der Waals surface area (Å²) in [6.45, 7) is 5.64. The number of rotatable bonds is 11. The Kier molecular flexibility index (Phi) is 12.0. The van der Waals surface area contributed by atoms with Gasteiger partial charge in [0.2, 0.25) is 15.9 Å². The molecule has 4 atom stereocenters. The molecule has 0 aromatic heterocycles. The number of halogens is 2. The Balaban J connectivity index is 1.43. The highest BCUT2D eigenvalue weighted by molar-refractivity contribution is 7.89. The lowest BCUT2D eigenvalue weighted by Crippen LogP contribution is -2.53. The third-order valence-electron chi connectivity index (χ3n) is 9.35. The standard InChI is InChI=1S/C36H44ClFN4O6S/c1-36(2)22-25(18-21-48-36)32(24-12-14-26(37)15-13-24)33(41-35(44)47-3)34(43)40-31-11-7-10-30(38)29(31)17-16-27-23-39-19-20-42(27)49(45,46)28-8-5-4-6-9-28/h4-15,25,27,32-33,39H,16-23H2,1-3H3,(H,40,43)(H,41,44). The van der Waals surface area contributed by atoms with Crippen LogP contribution < -0.4 is 16.0 Å². The van der Waals surface area contributed by atoms with Crippen LogP contribution >= 0.6 is 11.6 Å². The van der Waals surface area contributed by atoms with Gasteiger partial charge in [0.25, 0.3) is 0 Å². The summed E-state index contributed by atoms with van der Waals surface area (Å²) in [5.74, 6) is -1.64. The molecule has 2 amide bonds. The summed E-state index contributed by atoms with van der Waals surface area (Å²) < 4.78 is 55.0. The van der Waals surface area contributed by atoms with Crippen LogP contribution in [0.2, 0.25) is 5.02 Å². The summed E-state index contributed by atoms with van der Waals surface area (Å²) in [5.41, 5.74) is 0.828. The number of piperazine rings is 1. The lowest BCUT2D eigenvalue weighted by Gasteiger charge is -2.41. The molecule has 3 N–H and O–H groups in total. The lowest BCUT2D eigenvalue weighted by atomic mass is 9.73. The van der Waals surface area contributed by atoms with Gasteiger partial charge in [0.15, 0.2) is 0 Å². The monoisotopic (exact) mass is 714 g/mol. The topological polar surface area (TPSA) is 126 Å². The minimum Gasteiger partial charge on any atom is -0.453 e. The molecule has 10 nitrogen and oxygen atoms in total. The number of alkyl carbamates (subject to hydrolysis) is 1. The van der Waals surface area contributed by atoms with Crippen molar-refractivity contribution in [2.24, 2.45) is 5.92 Å². The van der Waals surface area contributed by atoms with Gasteiger partial charge in [-0.05, 0) is 87.4 Å². The van der Waals surface area contributed by atoms with Gasteiger partial charge < -0.3 is 25.4 Å². The van der Waals surface area contributed by atoms with E-state index in [0.717, 1.165) is 5.56 Å². The molecule has 5 rings (SSSR count). The van der Waals surface area contributed by atoms with E-state index in [1.807, 2.05) is 26.0 Å². The normalized spacial score (nSPS) is 20.9. The number of amides is 2. The van der Waals surface area contributed by atoms with Gasteiger partial charge in [-0.15, -0.1) is 0 Å². The Morgan fingerprint density at radius 2 is 1.84 bits per heavy atom. The SMILES string of the molecule is COC(=O)NC(C(=O)Nc1cccc(F)c1CCC1CNCCN1S(=O)(=O)c1ccccc1)C(c1ccc(Cl)cc1)C1CCOC(C)(C)C1. The van der Waals surface area contributed by atoms with Crippen LogP contribution in [0.25, 0.3) is 0 Å². The molecular formula is C36H44ClFN4O6S. The van der Waals surface area contributed by atoms with Crippen LogP contribution in [-0.2, 0) is 30.7 Å². The molecule has 2 aliphatic heterocycles. The second kappa shape index (κ2) is 16.0. The highest BCUT2D eigenvalue weighted by Gasteiger charge is 2.42. The van der Waals surface area contributed by atoms with Crippen LogP contribution in [0.15, 0.2) is 77.7 Å². The number of anilines is 1. The first-order valence-electron chi connectivity index (χ1n) is 16.5. The van der Waals surface area contributed by atoms with Crippen LogP contribution in [0.3, 0.4) is 0 Å². The Morgan fingerprint density at radius 1 is 1.10 bits per heavy atom. The van der Waals surface area contributed by atoms with Crippen LogP contribution in [0.1, 0.15) is 50.2 Å². The maximum atomic E-state index is 15.5. The van der Waals surface area contributed by atoms with Crippen LogP contribution in [-0.4, -0.2) is 75.8 Å². The molecule has 0 bridgehead atoms. The molecule has 0 radical (unpaired) electrons. The van der Waals surface area contributed by atoms with Gasteiger partial charge in [-0.25, -0.2) is 17.6 Å². The first-order chi connectivity index (χ1) is 23.4. The van der Waals surface area contributed by atoms with Gasteiger partial charge in [-0.2, -0.15) is 4.31 Å². The number of ether oxygens (including phenoxy) is 2. The molecule has 2 aliphatic rings. The highest BCUT2D eigenvalue weighted by Crippen LogP contribution is 2.41. The summed E-state index contributed by atoms with van der Waals surface area (Å²) in [5, 5.41) is 9.45. The predicted octanol–water partition coefficient (Wildman–Crippen LogP) is 5.73. The van der Waals surface area contributed by atoms with Crippen molar-refractivity contribution in [3.05, 3.63) is 94.8 Å². The van der Waals surface area contributed by atoms with E-state index >= 15 is 4.39 Å². The largest absolute Gasteiger partial charge is 0.453 e. The van der Waals surface area contributed by atoms with Gasteiger partial charge in [0.1, 0.15) is 11.9 Å². The number of carbonyl (C=O) groups excluding carboxylic acids is 2. The van der Waals surface area contributed by atoms with Crippen molar-refractivity contribution in [3.63, 3.8) is 0 Å². The zero-order valence-electron chi connectivity index (χ0n) is 28.0. The van der Waals surface area contributed by atoms with Crippen LogP contribution in [0, 0.1) is 11.7 Å². The summed E-state index contributed by atoms with van der Waals surface area (Å²) in [6.07, 6.45) is 0.938. The van der Waals surface area contributed by atoms with Crippen molar-refractivity contribution in [3.8, 4) is 0 Å². The van der Waals surface area contributed by atoms with Crippen LogP contribution in [0.4, 0.5) is 14.9 Å². The average Bonchev–Trinajstić information content (AvgIpc) is 3.08. The Hall–Kier alpha value is -3.55. The number of sulfonamides is 1. The van der Waals surface area contributed by atoms with Crippen molar-refractivity contribution in [1.82, 2.24) is 14.9 Å². The Morgan fingerprint density at radius 3 is 2.53 bits per heavy atom. The Bertz CT molecular complexity index is 1710. The second-order valence-corrected chi connectivity index (χ2v) is 15.5. The molecule has 264 valence electrons. The third-order valence-corrected chi connectivity index (χ3v) is 11.6. The van der Waals surface area contributed by atoms with Crippen molar-refractivity contribution < 1.29 is 31.9 Å². The zero-order valence-corrected chi connectivity index (χ0v) is 29.5. The van der Waals surface area contributed by atoms with E-state index in [-0.39, 0.29) is 35.0 Å². The molecule has 49 heavy (non-hydrogen) atoms. The first-order valence-corrected chi connectivity index (χ1v) is 18.3. The fourth-order valence-electron chi connectivity index (χ4n) is 7.00. The van der Waals surface area contributed by atoms with Crippen molar-refractivity contribution in [1.29, 1.82) is 0 Å². The van der Waals surface area contributed by atoms with Crippen LogP contribution in [0.5, 0.6) is 0 Å². The van der Waals surface area contributed by atoms with Gasteiger partial charge in [-0.1, -0.05) is 48.0 Å². The van der Waals surface area contributed by atoms with E-state index < -0.39 is 51.4 Å². The minimum absolute atomic E-state index is 0.0684. The number of carbonyl (C=O) groups is 2. The van der Waals surface area contributed by atoms with Crippen molar-refractivity contribution in [2.45, 2.75) is 68.0 Å². The van der Waals surface area contributed by atoms with Gasteiger partial charge in [0, 0.05) is 54.5 Å². The van der Waals surface area contributed by atoms with E-state index in [2.05, 4.69) is 16.0 Å². The van der Waals surface area contributed by atoms with Gasteiger partial charge in [-0.3, -0.25) is 4.79 Å². The molecule has 13 heteroatoms. The van der Waals surface area contributed by atoms with Crippen molar-refractivity contribution >= 4 is 39.3 Å². The summed E-state index contributed by atoms with van der Waals surface area (Å²) >= 11 is 6.22. The first kappa shape index (κ1) is 36.7. The van der Waals surface area contributed by atoms with E-state index in [4.69, 9.17) is 21.1 Å². The minimum atomic E-state index is -3.78. The molecule has 0 spiro atoms. The molecule has 2 saturated heterocycles. The summed E-state index contributed by atoms with van der Waals surface area (Å²) in [6, 6.07) is 18.3.